The zero-order valence-electron chi connectivity index (χ0n) is 25.7. The molecule has 0 radical (unpaired) electrons. The van der Waals surface area contributed by atoms with Crippen LogP contribution in [0.3, 0.4) is 0 Å². The molecule has 3 aliphatic rings. The van der Waals surface area contributed by atoms with E-state index in [4.69, 9.17) is 14.2 Å². The number of hydrogen-bond donors (Lipinski definition) is 3. The maximum atomic E-state index is 14.7. The van der Waals surface area contributed by atoms with Crippen molar-refractivity contribution in [2.45, 2.75) is 56.4 Å². The van der Waals surface area contributed by atoms with Crippen LogP contribution < -0.4 is 20.1 Å². The van der Waals surface area contributed by atoms with Gasteiger partial charge in [0.15, 0.2) is 0 Å². The van der Waals surface area contributed by atoms with Crippen molar-refractivity contribution in [1.82, 2.24) is 4.90 Å². The lowest BCUT2D eigenvalue weighted by Crippen LogP contribution is -2.54. The SMILES string of the molecule is CCOc1ccc(NC(=O)[C@@H]2[C@H]3C(=O)N([C@H](CO)c4ccccc4)C(C(=O)Nc4ccc(OC)cc4)C34CC[C@@]2(CC)O4)cc1. The molecular formula is C35H39N3O7. The average molecular weight is 614 g/mol. The fourth-order valence-electron chi connectivity index (χ4n) is 7.62. The lowest BCUT2D eigenvalue weighted by Gasteiger charge is -2.37. The number of carbonyl (C=O) groups is 3. The van der Waals surface area contributed by atoms with Crippen molar-refractivity contribution in [3.8, 4) is 11.5 Å². The Morgan fingerprint density at radius 1 is 0.933 bits per heavy atom. The molecule has 0 saturated carbocycles. The van der Waals surface area contributed by atoms with Crippen molar-refractivity contribution in [3.05, 3.63) is 84.4 Å². The van der Waals surface area contributed by atoms with E-state index in [-0.39, 0.29) is 11.8 Å². The molecule has 6 atom stereocenters. The van der Waals surface area contributed by atoms with Crippen LogP contribution in [0.5, 0.6) is 11.5 Å². The molecule has 236 valence electrons. The summed E-state index contributed by atoms with van der Waals surface area (Å²) in [6, 6.07) is 21.2. The molecule has 1 spiro atoms. The summed E-state index contributed by atoms with van der Waals surface area (Å²) in [5, 5.41) is 16.7. The molecule has 2 unspecified atom stereocenters. The van der Waals surface area contributed by atoms with Crippen LogP contribution in [0.1, 0.15) is 44.7 Å². The lowest BCUT2D eigenvalue weighted by molar-refractivity contribution is -0.148. The van der Waals surface area contributed by atoms with E-state index >= 15 is 0 Å². The van der Waals surface area contributed by atoms with Crippen LogP contribution in [-0.2, 0) is 19.1 Å². The molecule has 3 saturated heterocycles. The number of anilines is 2. The number of carbonyl (C=O) groups excluding carboxylic acids is 3. The molecule has 45 heavy (non-hydrogen) atoms. The molecule has 10 nitrogen and oxygen atoms in total. The summed E-state index contributed by atoms with van der Waals surface area (Å²) < 4.78 is 17.7. The minimum Gasteiger partial charge on any atom is -0.497 e. The number of methoxy groups -OCH3 is 1. The van der Waals surface area contributed by atoms with E-state index in [0.717, 1.165) is 0 Å². The summed E-state index contributed by atoms with van der Waals surface area (Å²) in [5.74, 6) is -1.59. The number of hydrogen-bond acceptors (Lipinski definition) is 7. The molecule has 3 aliphatic heterocycles. The van der Waals surface area contributed by atoms with E-state index in [2.05, 4.69) is 10.6 Å². The quantitative estimate of drug-likeness (QED) is 0.290. The number of nitrogens with one attached hydrogen (secondary N) is 2. The van der Waals surface area contributed by atoms with Crippen LogP contribution in [0.2, 0.25) is 0 Å². The van der Waals surface area contributed by atoms with E-state index in [1.165, 1.54) is 4.90 Å². The Bertz CT molecular complexity index is 1550. The molecule has 3 aromatic carbocycles. The Morgan fingerprint density at radius 3 is 2.13 bits per heavy atom. The van der Waals surface area contributed by atoms with Crippen molar-refractivity contribution in [3.63, 3.8) is 0 Å². The van der Waals surface area contributed by atoms with Gasteiger partial charge < -0.3 is 34.9 Å². The smallest absolute Gasteiger partial charge is 0.250 e. The van der Waals surface area contributed by atoms with E-state index in [1.54, 1.807) is 55.6 Å². The van der Waals surface area contributed by atoms with E-state index < -0.39 is 47.6 Å². The fraction of sp³-hybridized carbons (Fsp3) is 0.400. The van der Waals surface area contributed by atoms with Gasteiger partial charge in [0.05, 0.1) is 43.8 Å². The van der Waals surface area contributed by atoms with Crippen molar-refractivity contribution >= 4 is 29.1 Å². The Hall–Kier alpha value is -4.41. The molecular weight excluding hydrogens is 574 g/mol. The Labute approximate surface area is 262 Å². The summed E-state index contributed by atoms with van der Waals surface area (Å²) in [4.78, 5) is 44.6. The normalized spacial score (nSPS) is 27.2. The van der Waals surface area contributed by atoms with E-state index in [1.807, 2.05) is 44.2 Å². The topological polar surface area (TPSA) is 126 Å². The number of fused-ring (bicyclic) bond motifs is 1. The first-order valence-corrected chi connectivity index (χ1v) is 15.5. The average Bonchev–Trinajstić information content (AvgIpc) is 3.67. The number of likely N-dealkylation sites (tertiary alicyclic amines) is 1. The van der Waals surface area contributed by atoms with Crippen LogP contribution in [0.25, 0.3) is 0 Å². The number of benzene rings is 3. The van der Waals surface area contributed by atoms with Crippen LogP contribution in [0.4, 0.5) is 11.4 Å². The standard InChI is InChI=1S/C35H39N3O7/c1-4-34-19-20-35(45-34)29(28(34)31(40)36-23-13-17-26(18-14-23)44-5-2)33(42)38(27(21-39)22-9-7-6-8-10-22)30(35)32(41)37-24-11-15-25(43-3)16-12-24/h6-18,27-30,39H,4-5,19-21H2,1-3H3,(H,36,40)(H,37,41)/t27-,28+,29+,30?,34-,35?/m1/s1. The Morgan fingerprint density at radius 2 is 1.56 bits per heavy atom. The highest BCUT2D eigenvalue weighted by Gasteiger charge is 2.79. The third kappa shape index (κ3) is 5.11. The van der Waals surface area contributed by atoms with Crippen LogP contribution in [0, 0.1) is 11.8 Å². The van der Waals surface area contributed by atoms with Crippen molar-refractivity contribution in [2.24, 2.45) is 11.8 Å². The molecule has 3 aromatic rings. The van der Waals surface area contributed by atoms with Crippen molar-refractivity contribution in [2.75, 3.05) is 31.0 Å². The van der Waals surface area contributed by atoms with Gasteiger partial charge in [-0.15, -0.1) is 0 Å². The lowest BCUT2D eigenvalue weighted by atomic mass is 9.65. The van der Waals surface area contributed by atoms with Gasteiger partial charge in [-0.2, -0.15) is 0 Å². The zero-order chi connectivity index (χ0) is 31.8. The summed E-state index contributed by atoms with van der Waals surface area (Å²) in [7, 11) is 1.56. The predicted molar refractivity (Wildman–Crippen MR) is 168 cm³/mol. The first kappa shape index (κ1) is 30.6. The number of rotatable bonds is 11. The van der Waals surface area contributed by atoms with Gasteiger partial charge in [0.1, 0.15) is 23.1 Å². The highest BCUT2D eigenvalue weighted by Crippen LogP contribution is 2.65. The fourth-order valence-corrected chi connectivity index (χ4v) is 7.62. The molecule has 3 N–H and O–H groups in total. The van der Waals surface area contributed by atoms with Gasteiger partial charge >= 0.3 is 0 Å². The second-order valence-electron chi connectivity index (χ2n) is 11.9. The number of aliphatic hydroxyl groups excluding tert-OH is 1. The monoisotopic (exact) mass is 613 g/mol. The second-order valence-corrected chi connectivity index (χ2v) is 11.9. The van der Waals surface area contributed by atoms with Crippen molar-refractivity contribution in [1.29, 1.82) is 0 Å². The van der Waals surface area contributed by atoms with Crippen LogP contribution in [-0.4, -0.2) is 65.3 Å². The van der Waals surface area contributed by atoms with Crippen LogP contribution >= 0.6 is 0 Å². The maximum Gasteiger partial charge on any atom is 0.250 e. The Balaban J connectivity index is 1.39. The highest BCUT2D eigenvalue weighted by molar-refractivity contribution is 6.05. The third-order valence-electron chi connectivity index (χ3n) is 9.63. The minimum absolute atomic E-state index is 0.336. The predicted octanol–water partition coefficient (Wildman–Crippen LogP) is 4.56. The van der Waals surface area contributed by atoms with Gasteiger partial charge in [0, 0.05) is 11.4 Å². The summed E-state index contributed by atoms with van der Waals surface area (Å²) in [5.41, 5.74) is -0.396. The minimum atomic E-state index is -1.26. The largest absolute Gasteiger partial charge is 0.497 e. The Kier molecular flexibility index (Phi) is 8.28. The summed E-state index contributed by atoms with van der Waals surface area (Å²) in [6.45, 7) is 3.97. The van der Waals surface area contributed by atoms with E-state index in [9.17, 15) is 19.5 Å². The number of amides is 3. The van der Waals surface area contributed by atoms with Gasteiger partial charge in [0.25, 0.3) is 0 Å². The van der Waals surface area contributed by atoms with Gasteiger partial charge in [-0.1, -0.05) is 37.3 Å². The highest BCUT2D eigenvalue weighted by atomic mass is 16.5. The molecule has 6 rings (SSSR count). The maximum absolute atomic E-state index is 14.7. The number of ether oxygens (including phenoxy) is 3. The zero-order valence-corrected chi connectivity index (χ0v) is 25.7. The molecule has 3 fully saturated rings. The molecule has 3 heterocycles. The van der Waals surface area contributed by atoms with Crippen LogP contribution in [0.15, 0.2) is 78.9 Å². The summed E-state index contributed by atoms with van der Waals surface area (Å²) in [6.07, 6.45) is 1.44. The van der Waals surface area contributed by atoms with Gasteiger partial charge in [0.2, 0.25) is 17.7 Å². The summed E-state index contributed by atoms with van der Waals surface area (Å²) >= 11 is 0. The first-order valence-electron chi connectivity index (χ1n) is 15.5. The number of aliphatic hydroxyl groups is 1. The molecule has 0 aromatic heterocycles. The van der Waals surface area contributed by atoms with Gasteiger partial charge in [-0.25, -0.2) is 0 Å². The molecule has 0 aliphatic carbocycles. The third-order valence-corrected chi connectivity index (χ3v) is 9.63. The number of nitrogens with zero attached hydrogens (tertiary/aromatic N) is 1. The van der Waals surface area contributed by atoms with Crippen molar-refractivity contribution < 1.29 is 33.7 Å². The van der Waals surface area contributed by atoms with Gasteiger partial charge in [-0.05, 0) is 80.3 Å². The first-order chi connectivity index (χ1) is 21.8. The molecule has 3 amide bonds. The molecule has 10 heteroatoms. The van der Waals surface area contributed by atoms with Gasteiger partial charge in [-0.3, -0.25) is 14.4 Å². The second kappa shape index (κ2) is 12.2. The molecule has 2 bridgehead atoms. The van der Waals surface area contributed by atoms with E-state index in [0.29, 0.717) is 54.3 Å².